The molecule has 1 amide bonds. The van der Waals surface area contributed by atoms with Crippen LogP contribution in [0.4, 0.5) is 5.82 Å². The number of nitrogen functional groups attached to an aromatic ring is 1. The van der Waals surface area contributed by atoms with Crippen molar-refractivity contribution >= 4 is 39.7 Å². The van der Waals surface area contributed by atoms with Crippen molar-refractivity contribution in [3.8, 4) is 11.1 Å². The van der Waals surface area contributed by atoms with E-state index in [1.54, 1.807) is 0 Å². The van der Waals surface area contributed by atoms with Crippen LogP contribution in [0.15, 0.2) is 61.6 Å². The Morgan fingerprint density at radius 2 is 2.14 bits per heavy atom. The van der Waals surface area contributed by atoms with Crippen molar-refractivity contribution in [1.82, 2.24) is 24.8 Å². The van der Waals surface area contributed by atoms with Gasteiger partial charge in [0, 0.05) is 29.3 Å². The van der Waals surface area contributed by atoms with E-state index in [9.17, 15) is 4.79 Å². The predicted molar refractivity (Wildman–Crippen MR) is 114 cm³/mol. The molecule has 1 aliphatic heterocycles. The van der Waals surface area contributed by atoms with Crippen LogP contribution >= 0.6 is 0 Å². The highest BCUT2D eigenvalue weighted by Gasteiger charge is 2.25. The smallest absolute Gasteiger partial charge is 0.243 e. The van der Waals surface area contributed by atoms with Crippen molar-refractivity contribution < 1.29 is 4.79 Å². The van der Waals surface area contributed by atoms with E-state index in [0.29, 0.717) is 12.4 Å². The zero-order chi connectivity index (χ0) is 20.0. The number of carbonyl (C=O) groups is 1. The summed E-state index contributed by atoms with van der Waals surface area (Å²) >= 11 is 0. The van der Waals surface area contributed by atoms with E-state index in [-0.39, 0.29) is 11.9 Å². The summed E-state index contributed by atoms with van der Waals surface area (Å²) in [6, 6.07) is 9.91. The standard InChI is InChI=1S/C22H18N6O/c1-2-18(29)27-15-7-8-17-19(14-9-13-5-3-4-6-16(13)24-10-14)20-21(23)25-12-26-22(20)28(17)11-15/h2-10,12,15H,1,11H2,(H,27,29)(H2,23,25,26)/t15-/m0/s1. The van der Waals surface area contributed by atoms with Gasteiger partial charge in [-0.2, -0.15) is 0 Å². The third-order valence-electron chi connectivity index (χ3n) is 5.17. The van der Waals surface area contributed by atoms with Crippen molar-refractivity contribution in [1.29, 1.82) is 0 Å². The van der Waals surface area contributed by atoms with Crippen LogP contribution in [0.25, 0.3) is 39.1 Å². The number of benzene rings is 1. The molecule has 4 heterocycles. The Morgan fingerprint density at radius 3 is 3.00 bits per heavy atom. The lowest BCUT2D eigenvalue weighted by atomic mass is 10.0. The van der Waals surface area contributed by atoms with Gasteiger partial charge >= 0.3 is 0 Å². The van der Waals surface area contributed by atoms with E-state index in [0.717, 1.165) is 38.8 Å². The lowest BCUT2D eigenvalue weighted by Crippen LogP contribution is -2.37. The van der Waals surface area contributed by atoms with E-state index in [1.165, 1.54) is 12.4 Å². The molecule has 5 rings (SSSR count). The van der Waals surface area contributed by atoms with Crippen molar-refractivity contribution in [2.75, 3.05) is 5.73 Å². The van der Waals surface area contributed by atoms with Crippen LogP contribution < -0.4 is 11.1 Å². The van der Waals surface area contributed by atoms with Crippen LogP contribution in [-0.4, -0.2) is 31.5 Å². The number of nitrogens with zero attached hydrogens (tertiary/aromatic N) is 4. The molecular weight excluding hydrogens is 364 g/mol. The van der Waals surface area contributed by atoms with Gasteiger partial charge in [-0.05, 0) is 24.3 Å². The van der Waals surface area contributed by atoms with Gasteiger partial charge in [-0.15, -0.1) is 0 Å². The fraction of sp³-hybridized carbons (Fsp3) is 0.0909. The predicted octanol–water partition coefficient (Wildman–Crippen LogP) is 2.93. The molecule has 0 bridgehead atoms. The molecule has 0 fully saturated rings. The topological polar surface area (TPSA) is 98.7 Å². The molecule has 1 aliphatic rings. The molecule has 0 saturated carbocycles. The number of carbonyl (C=O) groups excluding carboxylic acids is 1. The van der Waals surface area contributed by atoms with Gasteiger partial charge in [-0.1, -0.05) is 30.9 Å². The van der Waals surface area contributed by atoms with E-state index >= 15 is 0 Å². The number of nitrogens with two attached hydrogens (primary N) is 1. The van der Waals surface area contributed by atoms with Crippen molar-refractivity contribution in [3.63, 3.8) is 0 Å². The molecule has 7 heteroatoms. The highest BCUT2D eigenvalue weighted by molar-refractivity contribution is 6.05. The third kappa shape index (κ3) is 2.75. The first-order chi connectivity index (χ1) is 14.2. The van der Waals surface area contributed by atoms with Gasteiger partial charge in [0.1, 0.15) is 17.8 Å². The normalized spacial score (nSPS) is 15.4. The molecule has 0 radical (unpaired) electrons. The average molecular weight is 382 g/mol. The number of aromatic nitrogens is 4. The molecule has 1 atom stereocenters. The number of pyridine rings is 1. The number of rotatable bonds is 3. The van der Waals surface area contributed by atoms with Gasteiger partial charge in [0.15, 0.2) is 0 Å². The molecule has 3 N–H and O–H groups in total. The Kier molecular flexibility index (Phi) is 3.87. The zero-order valence-electron chi connectivity index (χ0n) is 15.5. The van der Waals surface area contributed by atoms with Gasteiger partial charge < -0.3 is 15.6 Å². The van der Waals surface area contributed by atoms with Gasteiger partial charge in [-0.3, -0.25) is 9.78 Å². The third-order valence-corrected chi connectivity index (χ3v) is 5.17. The summed E-state index contributed by atoms with van der Waals surface area (Å²) in [7, 11) is 0. The molecule has 29 heavy (non-hydrogen) atoms. The van der Waals surface area contributed by atoms with Crippen LogP contribution in [0.5, 0.6) is 0 Å². The lowest BCUT2D eigenvalue weighted by Gasteiger charge is -2.21. The molecule has 7 nitrogen and oxygen atoms in total. The molecule has 4 aromatic rings. The second-order valence-electron chi connectivity index (χ2n) is 6.92. The summed E-state index contributed by atoms with van der Waals surface area (Å²) in [5.41, 5.74) is 10.8. The molecule has 0 unspecified atom stereocenters. The van der Waals surface area contributed by atoms with E-state index < -0.39 is 0 Å². The number of amides is 1. The molecule has 0 spiro atoms. The maximum atomic E-state index is 11.7. The van der Waals surface area contributed by atoms with E-state index in [2.05, 4.69) is 37.5 Å². The summed E-state index contributed by atoms with van der Waals surface area (Å²) in [6.07, 6.45) is 8.54. The van der Waals surface area contributed by atoms with Gasteiger partial charge in [0.2, 0.25) is 5.91 Å². The number of hydrogen-bond donors (Lipinski definition) is 2. The fourth-order valence-corrected chi connectivity index (χ4v) is 3.87. The van der Waals surface area contributed by atoms with Crippen LogP contribution in [0.1, 0.15) is 5.69 Å². The minimum Gasteiger partial charge on any atom is -0.383 e. The summed E-state index contributed by atoms with van der Waals surface area (Å²) < 4.78 is 2.06. The zero-order valence-corrected chi connectivity index (χ0v) is 15.5. The number of fused-ring (bicyclic) bond motifs is 4. The first-order valence-corrected chi connectivity index (χ1v) is 9.24. The van der Waals surface area contributed by atoms with Gasteiger partial charge in [-0.25, -0.2) is 9.97 Å². The first kappa shape index (κ1) is 17.1. The largest absolute Gasteiger partial charge is 0.383 e. The molecule has 3 aromatic heterocycles. The fourth-order valence-electron chi connectivity index (χ4n) is 3.87. The Bertz CT molecular complexity index is 1320. The highest BCUT2D eigenvalue weighted by Crippen LogP contribution is 2.39. The monoisotopic (exact) mass is 382 g/mol. The van der Waals surface area contributed by atoms with Crippen LogP contribution in [0, 0.1) is 0 Å². The Morgan fingerprint density at radius 1 is 1.28 bits per heavy atom. The maximum absolute atomic E-state index is 11.7. The summed E-state index contributed by atoms with van der Waals surface area (Å²) in [5.74, 6) is 0.202. The number of hydrogen-bond acceptors (Lipinski definition) is 5. The summed E-state index contributed by atoms with van der Waals surface area (Å²) in [5, 5.41) is 4.75. The van der Waals surface area contributed by atoms with E-state index in [4.69, 9.17) is 5.73 Å². The summed E-state index contributed by atoms with van der Waals surface area (Å²) in [4.78, 5) is 25.0. The first-order valence-electron chi connectivity index (χ1n) is 9.24. The Balaban J connectivity index is 1.73. The maximum Gasteiger partial charge on any atom is 0.243 e. The minimum absolute atomic E-state index is 0.164. The van der Waals surface area contributed by atoms with Crippen LogP contribution in [-0.2, 0) is 11.3 Å². The Hall–Kier alpha value is -4.00. The van der Waals surface area contributed by atoms with Crippen molar-refractivity contribution in [2.45, 2.75) is 12.6 Å². The average Bonchev–Trinajstić information content (AvgIpc) is 3.08. The quantitative estimate of drug-likeness (QED) is 0.531. The Labute approximate surface area is 166 Å². The number of nitrogens with one attached hydrogen (secondary N) is 1. The molecule has 0 aliphatic carbocycles. The lowest BCUT2D eigenvalue weighted by molar-refractivity contribution is -0.116. The van der Waals surface area contributed by atoms with Gasteiger partial charge in [0.25, 0.3) is 0 Å². The van der Waals surface area contributed by atoms with E-state index in [1.807, 2.05) is 42.6 Å². The summed E-state index contributed by atoms with van der Waals surface area (Å²) in [6.45, 7) is 4.05. The molecule has 1 aromatic carbocycles. The minimum atomic E-state index is -0.215. The number of anilines is 1. The SMILES string of the molecule is C=CC(=O)N[C@H]1C=Cc2c(-c3cnc4ccccc4c3)c3c(N)ncnc3n2C1. The molecule has 0 saturated heterocycles. The second kappa shape index (κ2) is 6.56. The highest BCUT2D eigenvalue weighted by atomic mass is 16.1. The second-order valence-corrected chi connectivity index (χ2v) is 6.92. The molecular formula is C22H18N6O. The van der Waals surface area contributed by atoms with Crippen LogP contribution in [0.2, 0.25) is 0 Å². The van der Waals surface area contributed by atoms with Crippen molar-refractivity contribution in [3.05, 3.63) is 67.3 Å². The number of para-hydroxylation sites is 1. The van der Waals surface area contributed by atoms with Gasteiger partial charge in [0.05, 0.1) is 22.6 Å². The molecule has 142 valence electrons. The van der Waals surface area contributed by atoms with Crippen LogP contribution in [0.3, 0.4) is 0 Å². The van der Waals surface area contributed by atoms with Crippen molar-refractivity contribution in [2.24, 2.45) is 0 Å².